The predicted octanol–water partition coefficient (Wildman–Crippen LogP) is 2.44. The maximum absolute atomic E-state index is 13.0. The number of hydrogen-bond donors (Lipinski definition) is 2. The molecule has 4 aromatic rings. The van der Waals surface area contributed by atoms with E-state index in [9.17, 15) is 9.18 Å². The van der Waals surface area contributed by atoms with E-state index in [1.807, 2.05) is 13.8 Å². The topological polar surface area (TPSA) is 114 Å². The van der Waals surface area contributed by atoms with Gasteiger partial charge in [0.1, 0.15) is 23.0 Å². The van der Waals surface area contributed by atoms with Gasteiger partial charge in [0, 0.05) is 11.3 Å². The van der Waals surface area contributed by atoms with Gasteiger partial charge in [0.2, 0.25) is 5.95 Å². The van der Waals surface area contributed by atoms with Crippen LogP contribution in [0.2, 0.25) is 0 Å². The van der Waals surface area contributed by atoms with Gasteiger partial charge in [0.05, 0.1) is 5.56 Å². The van der Waals surface area contributed by atoms with Gasteiger partial charge in [-0.2, -0.15) is 9.67 Å². The molecule has 1 aromatic carbocycles. The summed E-state index contributed by atoms with van der Waals surface area (Å²) >= 11 is 1.43. The number of carbonyl (C=O) groups is 1. The van der Waals surface area contributed by atoms with E-state index in [4.69, 9.17) is 0 Å². The maximum Gasteiger partial charge on any atom is 0.261 e. The van der Waals surface area contributed by atoms with Crippen LogP contribution >= 0.6 is 11.3 Å². The lowest BCUT2D eigenvalue weighted by atomic mass is 10.1. The summed E-state index contributed by atoms with van der Waals surface area (Å²) in [6.45, 7) is 3.80. The van der Waals surface area contributed by atoms with Crippen molar-refractivity contribution in [3.63, 3.8) is 0 Å². The van der Waals surface area contributed by atoms with Crippen LogP contribution in [-0.2, 0) is 6.42 Å². The lowest BCUT2D eigenvalue weighted by molar-refractivity contribution is 0.102. The van der Waals surface area contributed by atoms with Gasteiger partial charge in [-0.05, 0) is 47.5 Å². The fraction of sp³-hybridized carbons (Fsp3) is 0.176. The second-order valence-electron chi connectivity index (χ2n) is 6.08. The molecule has 0 spiro atoms. The molecule has 3 aromatic heterocycles. The molecule has 0 bridgehead atoms. The molecule has 0 saturated heterocycles. The normalized spacial score (nSPS) is 11.0. The molecule has 3 heterocycles. The highest BCUT2D eigenvalue weighted by atomic mass is 32.1. The van der Waals surface area contributed by atoms with Crippen molar-refractivity contribution < 1.29 is 9.18 Å². The average Bonchev–Trinajstić information content (AvgIpc) is 3.39. The van der Waals surface area contributed by atoms with Crippen LogP contribution in [-0.4, -0.2) is 41.3 Å². The first kappa shape index (κ1) is 17.9. The molecule has 4 rings (SSSR count). The third kappa shape index (κ3) is 3.51. The molecule has 0 fully saturated rings. The second-order valence-corrected chi connectivity index (χ2v) is 7.28. The minimum absolute atomic E-state index is 0.160. The van der Waals surface area contributed by atoms with Crippen LogP contribution < -0.4 is 5.32 Å². The highest BCUT2D eigenvalue weighted by molar-refractivity contribution is 7.15. The third-order valence-corrected chi connectivity index (χ3v) is 5.39. The van der Waals surface area contributed by atoms with E-state index >= 15 is 0 Å². The first-order valence-electron chi connectivity index (χ1n) is 8.31. The number of tetrazole rings is 1. The first-order chi connectivity index (χ1) is 13.5. The highest BCUT2D eigenvalue weighted by Crippen LogP contribution is 2.30. The lowest BCUT2D eigenvalue weighted by Crippen LogP contribution is -2.16. The largest absolute Gasteiger partial charge is 0.289 e. The molecule has 0 aliphatic rings. The minimum Gasteiger partial charge on any atom is -0.289 e. The van der Waals surface area contributed by atoms with E-state index in [1.54, 1.807) is 12.1 Å². The van der Waals surface area contributed by atoms with Gasteiger partial charge in [-0.3, -0.25) is 15.2 Å². The Morgan fingerprint density at radius 3 is 2.79 bits per heavy atom. The molecule has 142 valence electrons. The highest BCUT2D eigenvalue weighted by Gasteiger charge is 2.22. The molecule has 2 N–H and O–H groups in total. The van der Waals surface area contributed by atoms with Crippen molar-refractivity contribution in [2.24, 2.45) is 0 Å². The number of nitrogens with zero attached hydrogens (tertiary/aromatic N) is 6. The number of halogens is 1. The molecule has 0 atom stereocenters. The SMILES string of the molecule is Cc1sc(-n2cnnn2)c(C(=O)Nc2n[nH]c(Cc3ccc(F)cc3)n2)c1C. The van der Waals surface area contributed by atoms with Crippen LogP contribution in [0.5, 0.6) is 0 Å². The van der Waals surface area contributed by atoms with Crippen LogP contribution in [0.15, 0.2) is 30.6 Å². The van der Waals surface area contributed by atoms with Crippen molar-refractivity contribution in [3.05, 3.63) is 63.8 Å². The Bertz CT molecular complexity index is 1120. The molecule has 11 heteroatoms. The molecule has 0 radical (unpaired) electrons. The van der Waals surface area contributed by atoms with Gasteiger partial charge in [-0.1, -0.05) is 12.1 Å². The van der Waals surface area contributed by atoms with Gasteiger partial charge >= 0.3 is 0 Å². The standard InChI is InChI=1S/C17H15FN8OS/c1-9-10(2)28-16(26-8-19-24-25-26)14(9)15(27)21-17-20-13(22-23-17)7-11-3-5-12(18)6-4-11/h3-6,8H,7H2,1-2H3,(H2,20,21,22,23,27). The summed E-state index contributed by atoms with van der Waals surface area (Å²) < 4.78 is 14.5. The number of aryl methyl sites for hydroxylation is 1. The van der Waals surface area contributed by atoms with E-state index in [0.717, 1.165) is 16.0 Å². The smallest absolute Gasteiger partial charge is 0.261 e. The van der Waals surface area contributed by atoms with Crippen molar-refractivity contribution in [1.82, 2.24) is 35.4 Å². The maximum atomic E-state index is 13.0. The summed E-state index contributed by atoms with van der Waals surface area (Å²) in [6.07, 6.45) is 1.88. The Balaban J connectivity index is 1.53. The molecular weight excluding hydrogens is 383 g/mol. The van der Waals surface area contributed by atoms with Crippen LogP contribution in [0.3, 0.4) is 0 Å². The number of H-pyrrole nitrogens is 1. The minimum atomic E-state index is -0.348. The van der Waals surface area contributed by atoms with Gasteiger partial charge < -0.3 is 0 Å². The van der Waals surface area contributed by atoms with E-state index in [1.165, 1.54) is 34.5 Å². The predicted molar refractivity (Wildman–Crippen MR) is 100 cm³/mol. The zero-order valence-electron chi connectivity index (χ0n) is 15.0. The summed E-state index contributed by atoms with van der Waals surface area (Å²) in [4.78, 5) is 18.1. The Kier molecular flexibility index (Phi) is 4.65. The molecule has 0 aliphatic heterocycles. The number of thiophene rings is 1. The summed E-state index contributed by atoms with van der Waals surface area (Å²) in [7, 11) is 0. The fourth-order valence-corrected chi connectivity index (χ4v) is 3.75. The van der Waals surface area contributed by atoms with Crippen molar-refractivity contribution in [2.45, 2.75) is 20.3 Å². The monoisotopic (exact) mass is 398 g/mol. The molecule has 9 nitrogen and oxygen atoms in total. The van der Waals surface area contributed by atoms with Crippen molar-refractivity contribution >= 4 is 23.2 Å². The summed E-state index contributed by atoms with van der Waals surface area (Å²) in [5.74, 6) is 0.0719. The zero-order valence-corrected chi connectivity index (χ0v) is 15.8. The molecule has 28 heavy (non-hydrogen) atoms. The van der Waals surface area contributed by atoms with Gasteiger partial charge in [-0.25, -0.2) is 4.39 Å². The lowest BCUT2D eigenvalue weighted by Gasteiger charge is -2.04. The van der Waals surface area contributed by atoms with Crippen molar-refractivity contribution in [1.29, 1.82) is 0 Å². The third-order valence-electron chi connectivity index (χ3n) is 4.19. The number of aromatic nitrogens is 7. The van der Waals surface area contributed by atoms with Crippen LogP contribution in [0.4, 0.5) is 10.3 Å². The molecule has 0 saturated carbocycles. The van der Waals surface area contributed by atoms with Crippen LogP contribution in [0, 0.1) is 19.7 Å². The average molecular weight is 398 g/mol. The molecule has 1 amide bonds. The number of carbonyl (C=O) groups excluding carboxylic acids is 1. The Hall–Kier alpha value is -3.47. The summed E-state index contributed by atoms with van der Waals surface area (Å²) in [5, 5.41) is 21.3. The first-order valence-corrected chi connectivity index (χ1v) is 9.13. The van der Waals surface area contributed by atoms with Crippen LogP contribution in [0.1, 0.15) is 32.2 Å². The number of aromatic amines is 1. The van der Waals surface area contributed by atoms with E-state index < -0.39 is 0 Å². The number of rotatable bonds is 5. The number of nitrogens with one attached hydrogen (secondary N) is 2. The Morgan fingerprint density at radius 2 is 2.07 bits per heavy atom. The van der Waals surface area contributed by atoms with E-state index in [2.05, 4.69) is 36.0 Å². The van der Waals surface area contributed by atoms with Crippen LogP contribution in [0.25, 0.3) is 5.00 Å². The molecular formula is C17H15FN8OS. The number of amides is 1. The Labute approximate surface area is 162 Å². The number of benzene rings is 1. The van der Waals surface area contributed by atoms with Crippen molar-refractivity contribution in [2.75, 3.05) is 5.32 Å². The quantitative estimate of drug-likeness (QED) is 0.534. The van der Waals surface area contributed by atoms with Crippen molar-refractivity contribution in [3.8, 4) is 5.00 Å². The van der Waals surface area contributed by atoms with E-state index in [0.29, 0.717) is 22.8 Å². The number of anilines is 1. The summed E-state index contributed by atoms with van der Waals surface area (Å²) in [5.41, 5.74) is 2.19. The molecule has 0 unspecified atom stereocenters. The Morgan fingerprint density at radius 1 is 1.29 bits per heavy atom. The van der Waals surface area contributed by atoms with Gasteiger partial charge in [0.15, 0.2) is 0 Å². The number of hydrogen-bond acceptors (Lipinski definition) is 7. The zero-order chi connectivity index (χ0) is 19.7. The fourth-order valence-electron chi connectivity index (χ4n) is 2.68. The van der Waals surface area contributed by atoms with E-state index in [-0.39, 0.29) is 17.7 Å². The van der Waals surface area contributed by atoms with Gasteiger partial charge in [0.25, 0.3) is 5.91 Å². The molecule has 0 aliphatic carbocycles. The summed E-state index contributed by atoms with van der Waals surface area (Å²) in [6, 6.07) is 6.12. The second kappa shape index (κ2) is 7.27. The van der Waals surface area contributed by atoms with Gasteiger partial charge in [-0.15, -0.1) is 21.5 Å².